The first-order valence-corrected chi connectivity index (χ1v) is 9.56. The van der Waals surface area contributed by atoms with E-state index in [2.05, 4.69) is 5.32 Å². The molecule has 2 aliphatic heterocycles. The Morgan fingerprint density at radius 1 is 1.06 bits per heavy atom. The monoisotopic (exact) mass is 430 g/mol. The van der Waals surface area contributed by atoms with E-state index in [9.17, 15) is 19.2 Å². The van der Waals surface area contributed by atoms with Crippen LogP contribution in [0, 0.1) is 0 Å². The summed E-state index contributed by atoms with van der Waals surface area (Å²) in [7, 11) is 1.11. The van der Waals surface area contributed by atoms with Crippen molar-refractivity contribution in [2.75, 3.05) is 25.6 Å². The summed E-state index contributed by atoms with van der Waals surface area (Å²) in [6, 6.07) is 6.48. The van der Waals surface area contributed by atoms with Crippen LogP contribution in [-0.2, 0) is 43.5 Å². The number of carbonyl (C=O) groups is 4. The van der Waals surface area contributed by atoms with Crippen molar-refractivity contribution in [2.24, 2.45) is 5.73 Å². The summed E-state index contributed by atoms with van der Waals surface area (Å²) in [6.07, 6.45) is -0.506. The lowest BCUT2D eigenvalue weighted by molar-refractivity contribution is -0.143. The van der Waals surface area contributed by atoms with Crippen LogP contribution in [0.2, 0.25) is 0 Å². The molecule has 3 N–H and O–H groups in total. The Kier molecular flexibility index (Phi) is 6.00. The number of carbonyl (C=O) groups excluding carboxylic acids is 4. The molecule has 1 amide bonds. The summed E-state index contributed by atoms with van der Waals surface area (Å²) >= 11 is 0. The van der Waals surface area contributed by atoms with Crippen LogP contribution < -0.4 is 11.1 Å². The Hall–Kier alpha value is -3.82. The molecule has 0 aromatic heterocycles. The number of amides is 1. The van der Waals surface area contributed by atoms with Gasteiger partial charge in [0.1, 0.15) is 28.7 Å². The SMILES string of the molecule is CCOC(=O)CC1=C(C(=O)OCC)[C@]2(C(=O)Nc3ccccc32)C(C(=O)OC)=C(N)O1. The van der Waals surface area contributed by atoms with E-state index in [4.69, 9.17) is 24.7 Å². The van der Waals surface area contributed by atoms with Crippen molar-refractivity contribution in [1.82, 2.24) is 0 Å². The number of hydrogen-bond acceptors (Lipinski definition) is 9. The van der Waals surface area contributed by atoms with Gasteiger partial charge in [-0.3, -0.25) is 9.59 Å². The summed E-state index contributed by atoms with van der Waals surface area (Å²) in [5.74, 6) is -4.07. The van der Waals surface area contributed by atoms with Crippen molar-refractivity contribution in [3.05, 3.63) is 52.6 Å². The van der Waals surface area contributed by atoms with Gasteiger partial charge in [0.2, 0.25) is 11.8 Å². The second-order valence-electron chi connectivity index (χ2n) is 6.58. The molecule has 1 spiro atoms. The number of rotatable bonds is 6. The maximum Gasteiger partial charge on any atom is 0.340 e. The zero-order valence-corrected chi connectivity index (χ0v) is 17.3. The topological polar surface area (TPSA) is 143 Å². The third kappa shape index (κ3) is 3.39. The predicted octanol–water partition coefficient (Wildman–Crippen LogP) is 1.02. The number of para-hydroxylation sites is 1. The molecule has 2 heterocycles. The lowest BCUT2D eigenvalue weighted by Crippen LogP contribution is -2.48. The zero-order valence-electron chi connectivity index (χ0n) is 17.3. The molecule has 0 saturated carbocycles. The minimum Gasteiger partial charge on any atom is -0.466 e. The number of nitrogens with two attached hydrogens (primary N) is 1. The average molecular weight is 430 g/mol. The summed E-state index contributed by atoms with van der Waals surface area (Å²) in [4.78, 5) is 51.5. The first-order chi connectivity index (χ1) is 14.8. The van der Waals surface area contributed by atoms with Gasteiger partial charge in [-0.05, 0) is 19.9 Å². The fourth-order valence-electron chi connectivity index (χ4n) is 3.80. The third-order valence-electron chi connectivity index (χ3n) is 4.91. The van der Waals surface area contributed by atoms with Gasteiger partial charge in [-0.1, -0.05) is 18.2 Å². The quantitative estimate of drug-likeness (QED) is 0.499. The Bertz CT molecular complexity index is 1030. The Balaban J connectivity index is 2.38. The molecule has 10 nitrogen and oxygen atoms in total. The van der Waals surface area contributed by atoms with Crippen molar-refractivity contribution in [1.29, 1.82) is 0 Å². The molecule has 10 heteroatoms. The minimum atomic E-state index is -2.03. The highest BCUT2D eigenvalue weighted by molar-refractivity contribution is 6.21. The molecular formula is C21H22N2O8. The van der Waals surface area contributed by atoms with Crippen LogP contribution in [0.5, 0.6) is 0 Å². The van der Waals surface area contributed by atoms with E-state index in [1.807, 2.05) is 0 Å². The Morgan fingerprint density at radius 2 is 1.74 bits per heavy atom. The van der Waals surface area contributed by atoms with E-state index in [1.165, 1.54) is 0 Å². The van der Waals surface area contributed by atoms with Crippen LogP contribution in [0.1, 0.15) is 25.8 Å². The number of anilines is 1. The van der Waals surface area contributed by atoms with Crippen molar-refractivity contribution in [3.63, 3.8) is 0 Å². The number of ether oxygens (including phenoxy) is 4. The Labute approximate surface area is 178 Å². The van der Waals surface area contributed by atoms with Gasteiger partial charge in [0.15, 0.2) is 0 Å². The van der Waals surface area contributed by atoms with E-state index in [0.717, 1.165) is 7.11 Å². The molecule has 0 radical (unpaired) electrons. The molecule has 0 fully saturated rings. The molecule has 1 aromatic carbocycles. The number of benzene rings is 1. The van der Waals surface area contributed by atoms with Gasteiger partial charge in [-0.25, -0.2) is 9.59 Å². The van der Waals surface area contributed by atoms with Crippen molar-refractivity contribution < 1.29 is 38.1 Å². The summed E-state index contributed by atoms with van der Waals surface area (Å²) in [5, 5.41) is 2.66. The highest BCUT2D eigenvalue weighted by Gasteiger charge is 2.62. The molecule has 3 rings (SSSR count). The molecule has 0 aliphatic carbocycles. The zero-order chi connectivity index (χ0) is 22.8. The van der Waals surface area contributed by atoms with Crippen LogP contribution in [0.15, 0.2) is 47.1 Å². The van der Waals surface area contributed by atoms with Gasteiger partial charge in [-0.15, -0.1) is 0 Å². The second kappa shape index (κ2) is 8.50. The Morgan fingerprint density at radius 3 is 2.39 bits per heavy atom. The fraction of sp³-hybridized carbons (Fsp3) is 0.333. The van der Waals surface area contributed by atoms with Gasteiger partial charge in [0.25, 0.3) is 0 Å². The largest absolute Gasteiger partial charge is 0.466 e. The fourth-order valence-corrected chi connectivity index (χ4v) is 3.80. The smallest absolute Gasteiger partial charge is 0.340 e. The number of esters is 3. The van der Waals surface area contributed by atoms with E-state index >= 15 is 0 Å². The highest BCUT2D eigenvalue weighted by atomic mass is 16.5. The standard InChI is InChI=1S/C21H22N2O8/c1-4-29-14(24)10-13-15(19(26)30-5-2)21(16(17(22)31-13)18(25)28-3)11-8-6-7-9-12(11)23-20(21)27/h6-9H,4-5,10,22H2,1-3H3,(H,23,27)/t21-/m0/s1. The van der Waals surface area contributed by atoms with Crippen molar-refractivity contribution in [2.45, 2.75) is 25.7 Å². The van der Waals surface area contributed by atoms with Gasteiger partial charge in [0, 0.05) is 11.3 Å². The van der Waals surface area contributed by atoms with Crippen LogP contribution >= 0.6 is 0 Å². The molecule has 1 aromatic rings. The van der Waals surface area contributed by atoms with Gasteiger partial charge in [-0.2, -0.15) is 0 Å². The molecule has 1 atom stereocenters. The predicted molar refractivity (Wildman–Crippen MR) is 106 cm³/mol. The normalized spacial score (nSPS) is 19.5. The molecule has 2 aliphatic rings. The first-order valence-electron chi connectivity index (χ1n) is 9.56. The van der Waals surface area contributed by atoms with Crippen LogP contribution in [0.4, 0.5) is 5.69 Å². The third-order valence-corrected chi connectivity index (χ3v) is 4.91. The van der Waals surface area contributed by atoms with E-state index in [0.29, 0.717) is 5.69 Å². The molecule has 164 valence electrons. The summed E-state index contributed by atoms with van der Waals surface area (Å²) in [5.41, 5.74) is 3.94. The maximum atomic E-state index is 13.4. The number of methoxy groups -OCH3 is 1. The van der Waals surface area contributed by atoms with Crippen LogP contribution in [-0.4, -0.2) is 44.1 Å². The number of nitrogens with one attached hydrogen (secondary N) is 1. The minimum absolute atomic E-state index is 0.0267. The maximum absolute atomic E-state index is 13.4. The van der Waals surface area contributed by atoms with Gasteiger partial charge < -0.3 is 30.0 Å². The lowest BCUT2D eigenvalue weighted by atomic mass is 9.67. The molecule has 0 unspecified atom stereocenters. The molecule has 31 heavy (non-hydrogen) atoms. The van der Waals surface area contributed by atoms with Gasteiger partial charge in [0.05, 0.1) is 20.3 Å². The molecule has 0 bridgehead atoms. The first kappa shape index (κ1) is 21.9. The molecular weight excluding hydrogens is 408 g/mol. The molecule has 0 saturated heterocycles. The van der Waals surface area contributed by atoms with Gasteiger partial charge >= 0.3 is 17.9 Å². The van der Waals surface area contributed by atoms with E-state index in [-0.39, 0.29) is 35.7 Å². The van der Waals surface area contributed by atoms with Crippen LogP contribution in [0.3, 0.4) is 0 Å². The summed E-state index contributed by atoms with van der Waals surface area (Å²) < 4.78 is 20.5. The van der Waals surface area contributed by atoms with E-state index < -0.39 is 41.5 Å². The lowest BCUT2D eigenvalue weighted by Gasteiger charge is -2.35. The van der Waals surface area contributed by atoms with E-state index in [1.54, 1.807) is 38.1 Å². The second-order valence-corrected chi connectivity index (χ2v) is 6.58. The van der Waals surface area contributed by atoms with Crippen LogP contribution in [0.25, 0.3) is 0 Å². The summed E-state index contributed by atoms with van der Waals surface area (Å²) in [6.45, 7) is 3.26. The number of hydrogen-bond donors (Lipinski definition) is 2. The number of fused-ring (bicyclic) bond motifs is 2. The highest BCUT2D eigenvalue weighted by Crippen LogP contribution is 2.52. The van der Waals surface area contributed by atoms with Crippen molar-refractivity contribution in [3.8, 4) is 0 Å². The average Bonchev–Trinajstić information content (AvgIpc) is 3.00. The van der Waals surface area contributed by atoms with Crippen molar-refractivity contribution >= 4 is 29.5 Å².